The predicted molar refractivity (Wildman–Crippen MR) is 63.0 cm³/mol. The molecule has 100 valence electrons. The van der Waals surface area contributed by atoms with Crippen LogP contribution in [-0.2, 0) is 14.8 Å². The Morgan fingerprint density at radius 2 is 2.28 bits per heavy atom. The molecule has 0 radical (unpaired) electrons. The van der Waals surface area contributed by atoms with Gasteiger partial charge in [0.1, 0.15) is 0 Å². The average molecular weight is 272 g/mol. The summed E-state index contributed by atoms with van der Waals surface area (Å²) in [7, 11) is -3.49. The van der Waals surface area contributed by atoms with Crippen molar-refractivity contribution in [3.63, 3.8) is 0 Å². The monoisotopic (exact) mass is 272 g/mol. The highest BCUT2D eigenvalue weighted by Gasteiger charge is 2.56. The summed E-state index contributed by atoms with van der Waals surface area (Å²) in [6.45, 7) is 0.362. The summed E-state index contributed by atoms with van der Waals surface area (Å²) in [5, 5.41) is 17.8. The van der Waals surface area contributed by atoms with E-state index in [0.29, 0.717) is 13.0 Å². The van der Waals surface area contributed by atoms with E-state index in [-0.39, 0.29) is 24.6 Å². The molecule has 1 aliphatic carbocycles. The van der Waals surface area contributed by atoms with Crippen molar-refractivity contribution in [3.05, 3.63) is 0 Å². The minimum Gasteiger partial charge on any atom is -0.481 e. The molecule has 2 rings (SSSR count). The van der Waals surface area contributed by atoms with Crippen molar-refractivity contribution in [2.24, 2.45) is 11.3 Å². The third kappa shape index (κ3) is 1.99. The molecular formula is C11H16N2O4S. The molecule has 0 spiro atoms. The van der Waals surface area contributed by atoms with E-state index in [0.717, 1.165) is 12.8 Å². The first-order chi connectivity index (χ1) is 8.42. The minimum absolute atomic E-state index is 0.0520. The molecular weight excluding hydrogens is 256 g/mol. The van der Waals surface area contributed by atoms with Gasteiger partial charge in [-0.3, -0.25) is 4.79 Å². The van der Waals surface area contributed by atoms with Gasteiger partial charge in [0.15, 0.2) is 0 Å². The fraction of sp³-hybridized carbons (Fsp3) is 0.818. The summed E-state index contributed by atoms with van der Waals surface area (Å²) in [5.41, 5.74) is -0.889. The highest BCUT2D eigenvalue weighted by atomic mass is 32.2. The lowest BCUT2D eigenvalue weighted by molar-refractivity contribution is -0.149. The first kappa shape index (κ1) is 13.3. The van der Waals surface area contributed by atoms with Crippen LogP contribution in [0.5, 0.6) is 0 Å². The zero-order valence-corrected chi connectivity index (χ0v) is 10.8. The standard InChI is InChI=1S/C11H16N2O4S/c12-5-2-6-18(16,17)13-7-9-3-1-4-11(9,8-13)10(14)15/h9H,1-4,6-8H2,(H,14,15)/t9-,11+/m0/s1. The van der Waals surface area contributed by atoms with Gasteiger partial charge in [-0.15, -0.1) is 0 Å². The SMILES string of the molecule is N#CCCS(=O)(=O)N1C[C@@H]2CCC[C@@]2(C(=O)O)C1. The maximum Gasteiger partial charge on any atom is 0.311 e. The molecule has 2 atom stereocenters. The van der Waals surface area contributed by atoms with Gasteiger partial charge in [-0.25, -0.2) is 12.7 Å². The molecule has 0 unspecified atom stereocenters. The fourth-order valence-corrected chi connectivity index (χ4v) is 4.55. The van der Waals surface area contributed by atoms with E-state index in [4.69, 9.17) is 5.26 Å². The zero-order valence-electron chi connectivity index (χ0n) is 10.0. The van der Waals surface area contributed by atoms with Crippen LogP contribution in [0.15, 0.2) is 0 Å². The van der Waals surface area contributed by atoms with Gasteiger partial charge in [0.25, 0.3) is 0 Å². The van der Waals surface area contributed by atoms with Crippen LogP contribution in [-0.4, -0.2) is 42.6 Å². The highest BCUT2D eigenvalue weighted by Crippen LogP contribution is 2.49. The molecule has 1 saturated carbocycles. The molecule has 18 heavy (non-hydrogen) atoms. The first-order valence-electron chi connectivity index (χ1n) is 6.00. The molecule has 1 aliphatic heterocycles. The van der Waals surface area contributed by atoms with Crippen molar-refractivity contribution in [3.8, 4) is 6.07 Å². The van der Waals surface area contributed by atoms with E-state index in [1.807, 2.05) is 6.07 Å². The van der Waals surface area contributed by atoms with Crippen LogP contribution < -0.4 is 0 Å². The van der Waals surface area contributed by atoms with Crippen LogP contribution in [0.4, 0.5) is 0 Å². The van der Waals surface area contributed by atoms with Gasteiger partial charge >= 0.3 is 5.97 Å². The van der Waals surface area contributed by atoms with Crippen LogP contribution in [0.1, 0.15) is 25.7 Å². The molecule has 0 bridgehead atoms. The Morgan fingerprint density at radius 1 is 1.56 bits per heavy atom. The number of fused-ring (bicyclic) bond motifs is 1. The molecule has 0 aromatic carbocycles. The van der Waals surface area contributed by atoms with Crippen LogP contribution >= 0.6 is 0 Å². The Morgan fingerprint density at radius 3 is 2.83 bits per heavy atom. The van der Waals surface area contributed by atoms with E-state index < -0.39 is 21.4 Å². The van der Waals surface area contributed by atoms with Crippen molar-refractivity contribution < 1.29 is 18.3 Å². The summed E-state index contributed by atoms with van der Waals surface area (Å²) in [6.07, 6.45) is 2.13. The second kappa shape index (κ2) is 4.52. The van der Waals surface area contributed by atoms with E-state index in [1.165, 1.54) is 4.31 Å². The van der Waals surface area contributed by atoms with Gasteiger partial charge in [-0.2, -0.15) is 5.26 Å². The molecule has 7 heteroatoms. The number of hydrogen-bond donors (Lipinski definition) is 1. The van der Waals surface area contributed by atoms with Gasteiger partial charge in [0.05, 0.1) is 23.7 Å². The maximum absolute atomic E-state index is 12.0. The van der Waals surface area contributed by atoms with Gasteiger partial charge < -0.3 is 5.11 Å². The van der Waals surface area contributed by atoms with E-state index in [1.54, 1.807) is 0 Å². The smallest absolute Gasteiger partial charge is 0.311 e. The predicted octanol–water partition coefficient (Wildman–Crippen LogP) is 0.417. The number of sulfonamides is 1. The van der Waals surface area contributed by atoms with Crippen molar-refractivity contribution in [2.45, 2.75) is 25.7 Å². The fourth-order valence-electron chi connectivity index (χ4n) is 3.11. The molecule has 6 nitrogen and oxygen atoms in total. The molecule has 1 saturated heterocycles. The quantitative estimate of drug-likeness (QED) is 0.799. The number of rotatable bonds is 4. The van der Waals surface area contributed by atoms with Crippen LogP contribution in [0, 0.1) is 22.7 Å². The second-order valence-electron chi connectivity index (χ2n) is 5.07. The van der Waals surface area contributed by atoms with Crippen molar-refractivity contribution in [1.29, 1.82) is 5.26 Å². The van der Waals surface area contributed by atoms with Gasteiger partial charge in [-0.05, 0) is 18.8 Å². The summed E-state index contributed by atoms with van der Waals surface area (Å²) in [4.78, 5) is 11.4. The zero-order chi connectivity index (χ0) is 13.4. The maximum atomic E-state index is 12.0. The molecule has 0 amide bonds. The Bertz CT molecular complexity index is 496. The largest absolute Gasteiger partial charge is 0.481 e. The number of nitrogens with zero attached hydrogens (tertiary/aromatic N) is 2. The third-order valence-electron chi connectivity index (χ3n) is 4.13. The van der Waals surface area contributed by atoms with E-state index in [2.05, 4.69) is 0 Å². The minimum atomic E-state index is -3.49. The molecule has 1 N–H and O–H groups in total. The van der Waals surface area contributed by atoms with Crippen molar-refractivity contribution in [2.75, 3.05) is 18.8 Å². The first-order valence-corrected chi connectivity index (χ1v) is 7.61. The normalized spacial score (nSPS) is 32.1. The van der Waals surface area contributed by atoms with Crippen LogP contribution in [0.3, 0.4) is 0 Å². The lowest BCUT2D eigenvalue weighted by Gasteiger charge is -2.23. The Balaban J connectivity index is 2.17. The number of carboxylic acid groups (broad SMARTS) is 1. The number of hydrogen-bond acceptors (Lipinski definition) is 4. The van der Waals surface area contributed by atoms with Crippen molar-refractivity contribution >= 4 is 16.0 Å². The molecule has 0 aromatic heterocycles. The molecule has 0 aromatic rings. The van der Waals surface area contributed by atoms with Gasteiger partial charge in [-0.1, -0.05) is 6.42 Å². The van der Waals surface area contributed by atoms with Crippen LogP contribution in [0.2, 0.25) is 0 Å². The van der Waals surface area contributed by atoms with Crippen LogP contribution in [0.25, 0.3) is 0 Å². The Kier molecular flexibility index (Phi) is 3.34. The lowest BCUT2D eigenvalue weighted by Crippen LogP contribution is -2.37. The second-order valence-corrected chi connectivity index (χ2v) is 7.16. The Hall–Kier alpha value is -1.13. The molecule has 1 heterocycles. The molecule has 2 fully saturated rings. The van der Waals surface area contributed by atoms with E-state index >= 15 is 0 Å². The number of nitriles is 1. The van der Waals surface area contributed by atoms with Crippen molar-refractivity contribution in [1.82, 2.24) is 4.31 Å². The number of aliphatic carboxylic acids is 1. The summed E-state index contributed by atoms with van der Waals surface area (Å²) < 4.78 is 25.2. The topological polar surface area (TPSA) is 98.5 Å². The highest BCUT2D eigenvalue weighted by molar-refractivity contribution is 7.89. The number of carbonyl (C=O) groups is 1. The summed E-state index contributed by atoms with van der Waals surface area (Å²) in [6, 6.07) is 1.81. The summed E-state index contributed by atoms with van der Waals surface area (Å²) >= 11 is 0. The average Bonchev–Trinajstić information content (AvgIpc) is 2.83. The van der Waals surface area contributed by atoms with E-state index in [9.17, 15) is 18.3 Å². The summed E-state index contributed by atoms with van der Waals surface area (Å²) in [5.74, 6) is -1.18. The number of carboxylic acids is 1. The third-order valence-corrected chi connectivity index (χ3v) is 5.92. The lowest BCUT2D eigenvalue weighted by atomic mass is 9.81. The molecule has 2 aliphatic rings. The Labute approximate surface area is 106 Å². The van der Waals surface area contributed by atoms with Gasteiger partial charge in [0.2, 0.25) is 10.0 Å². The van der Waals surface area contributed by atoms with Gasteiger partial charge in [0, 0.05) is 13.1 Å².